The lowest BCUT2D eigenvalue weighted by molar-refractivity contribution is 0.0940. The highest BCUT2D eigenvalue weighted by Gasteiger charge is 2.15. The summed E-state index contributed by atoms with van der Waals surface area (Å²) in [5.74, 6) is 0.174. The Balaban J connectivity index is 2.15. The molecule has 2 amide bonds. The van der Waals surface area contributed by atoms with Crippen molar-refractivity contribution in [1.29, 1.82) is 0 Å². The van der Waals surface area contributed by atoms with E-state index in [0.717, 1.165) is 12.8 Å². The van der Waals surface area contributed by atoms with Crippen molar-refractivity contribution in [2.24, 2.45) is 0 Å². The second-order valence-electron chi connectivity index (χ2n) is 6.16. The minimum atomic E-state index is -0.282. The molecular formula is C21H26N2O3. The zero-order chi connectivity index (χ0) is 18.9. The molecule has 0 aliphatic heterocycles. The van der Waals surface area contributed by atoms with Crippen LogP contribution in [0.2, 0.25) is 0 Å². The van der Waals surface area contributed by atoms with Gasteiger partial charge in [-0.15, -0.1) is 0 Å². The number of hydrogen-bond donors (Lipinski definition) is 2. The largest absolute Gasteiger partial charge is 0.494 e. The van der Waals surface area contributed by atoms with E-state index >= 15 is 0 Å². The lowest BCUT2D eigenvalue weighted by atomic mass is 10.1. The van der Waals surface area contributed by atoms with Gasteiger partial charge in [-0.05, 0) is 50.1 Å². The van der Waals surface area contributed by atoms with Gasteiger partial charge in [0, 0.05) is 11.6 Å². The molecule has 1 atom stereocenters. The highest BCUT2D eigenvalue weighted by atomic mass is 16.5. The van der Waals surface area contributed by atoms with Gasteiger partial charge in [0.25, 0.3) is 11.8 Å². The molecular weight excluding hydrogens is 328 g/mol. The number of hydrogen-bond acceptors (Lipinski definition) is 3. The number of para-hydroxylation sites is 1. The van der Waals surface area contributed by atoms with Crippen molar-refractivity contribution in [3.05, 3.63) is 59.7 Å². The van der Waals surface area contributed by atoms with Crippen LogP contribution in [0.1, 0.15) is 54.3 Å². The number of rotatable bonds is 8. The van der Waals surface area contributed by atoms with Crippen molar-refractivity contribution in [1.82, 2.24) is 5.32 Å². The summed E-state index contributed by atoms with van der Waals surface area (Å²) in [5.41, 5.74) is 1.41. The van der Waals surface area contributed by atoms with Crippen LogP contribution in [0.3, 0.4) is 0 Å². The minimum Gasteiger partial charge on any atom is -0.494 e. The van der Waals surface area contributed by atoms with Crippen molar-refractivity contribution in [2.75, 3.05) is 11.9 Å². The Morgan fingerprint density at radius 1 is 1.04 bits per heavy atom. The fourth-order valence-electron chi connectivity index (χ4n) is 2.34. The maximum absolute atomic E-state index is 12.6. The predicted octanol–water partition coefficient (Wildman–Crippen LogP) is 4.26. The molecule has 0 heterocycles. The molecule has 5 nitrogen and oxygen atoms in total. The van der Waals surface area contributed by atoms with E-state index in [1.807, 2.05) is 26.8 Å². The fourth-order valence-corrected chi connectivity index (χ4v) is 2.34. The van der Waals surface area contributed by atoms with Crippen LogP contribution in [0.4, 0.5) is 5.69 Å². The summed E-state index contributed by atoms with van der Waals surface area (Å²) >= 11 is 0. The summed E-state index contributed by atoms with van der Waals surface area (Å²) in [4.78, 5) is 25.0. The standard InChI is InChI=1S/C21H26N2O3/c1-4-13-26-17-10-8-9-16(14-17)20(24)23-19-12-7-6-11-18(19)21(25)22-15(3)5-2/h6-12,14-15H,4-5,13H2,1-3H3,(H,22,25)(H,23,24). The second kappa shape index (κ2) is 9.61. The molecule has 0 saturated heterocycles. The van der Waals surface area contributed by atoms with Crippen LogP contribution in [0.25, 0.3) is 0 Å². The van der Waals surface area contributed by atoms with Gasteiger partial charge in [0.05, 0.1) is 17.9 Å². The average Bonchev–Trinajstić information content (AvgIpc) is 2.66. The third-order valence-electron chi connectivity index (χ3n) is 3.98. The van der Waals surface area contributed by atoms with Crippen LogP contribution in [0, 0.1) is 0 Å². The van der Waals surface area contributed by atoms with E-state index in [-0.39, 0.29) is 17.9 Å². The number of anilines is 1. The molecule has 26 heavy (non-hydrogen) atoms. The van der Waals surface area contributed by atoms with E-state index < -0.39 is 0 Å². The summed E-state index contributed by atoms with van der Waals surface area (Å²) in [7, 11) is 0. The Kier molecular flexibility index (Phi) is 7.21. The van der Waals surface area contributed by atoms with Gasteiger partial charge < -0.3 is 15.4 Å². The molecule has 0 aliphatic rings. The zero-order valence-corrected chi connectivity index (χ0v) is 15.5. The van der Waals surface area contributed by atoms with Crippen LogP contribution in [0.15, 0.2) is 48.5 Å². The van der Waals surface area contributed by atoms with Gasteiger partial charge in [-0.2, -0.15) is 0 Å². The van der Waals surface area contributed by atoms with Crippen molar-refractivity contribution in [2.45, 2.75) is 39.7 Å². The molecule has 2 aromatic rings. The van der Waals surface area contributed by atoms with Gasteiger partial charge in [-0.3, -0.25) is 9.59 Å². The van der Waals surface area contributed by atoms with E-state index in [4.69, 9.17) is 4.74 Å². The molecule has 138 valence electrons. The molecule has 0 bridgehead atoms. The van der Waals surface area contributed by atoms with Gasteiger partial charge >= 0.3 is 0 Å². The first-order valence-electron chi connectivity index (χ1n) is 8.99. The molecule has 0 spiro atoms. The molecule has 1 unspecified atom stereocenters. The SMILES string of the molecule is CCCOc1cccc(C(=O)Nc2ccccc2C(=O)NC(C)CC)c1. The first-order valence-corrected chi connectivity index (χ1v) is 8.99. The third kappa shape index (κ3) is 5.34. The van der Waals surface area contributed by atoms with Crippen LogP contribution < -0.4 is 15.4 Å². The third-order valence-corrected chi connectivity index (χ3v) is 3.98. The number of ether oxygens (including phenoxy) is 1. The van der Waals surface area contributed by atoms with Crippen molar-refractivity contribution < 1.29 is 14.3 Å². The molecule has 0 aromatic heterocycles. The van der Waals surface area contributed by atoms with Crippen LogP contribution in [0.5, 0.6) is 5.75 Å². The van der Waals surface area contributed by atoms with Gasteiger partial charge in [0.2, 0.25) is 0 Å². The van der Waals surface area contributed by atoms with Gasteiger partial charge in [-0.1, -0.05) is 32.0 Å². The first-order chi connectivity index (χ1) is 12.5. The normalized spacial score (nSPS) is 11.5. The quantitative estimate of drug-likeness (QED) is 0.744. The Morgan fingerprint density at radius 3 is 2.54 bits per heavy atom. The van der Waals surface area contributed by atoms with Crippen molar-refractivity contribution >= 4 is 17.5 Å². The molecule has 5 heteroatoms. The molecule has 0 radical (unpaired) electrons. The van der Waals surface area contributed by atoms with E-state index in [2.05, 4.69) is 10.6 Å². The number of carbonyl (C=O) groups is 2. The smallest absolute Gasteiger partial charge is 0.255 e. The maximum Gasteiger partial charge on any atom is 0.255 e. The molecule has 0 aliphatic carbocycles. The maximum atomic E-state index is 12.6. The molecule has 0 fully saturated rings. The highest BCUT2D eigenvalue weighted by Crippen LogP contribution is 2.19. The summed E-state index contributed by atoms with van der Waals surface area (Å²) < 4.78 is 5.57. The predicted molar refractivity (Wildman–Crippen MR) is 104 cm³/mol. The summed E-state index contributed by atoms with van der Waals surface area (Å²) in [5, 5.41) is 5.75. The topological polar surface area (TPSA) is 67.4 Å². The first kappa shape index (κ1) is 19.5. The van der Waals surface area contributed by atoms with Crippen LogP contribution in [-0.4, -0.2) is 24.5 Å². The molecule has 2 rings (SSSR count). The molecule has 2 aromatic carbocycles. The van der Waals surface area contributed by atoms with Crippen molar-refractivity contribution in [3.8, 4) is 5.75 Å². The highest BCUT2D eigenvalue weighted by molar-refractivity contribution is 6.09. The lowest BCUT2D eigenvalue weighted by Gasteiger charge is -2.15. The molecule has 0 saturated carbocycles. The Bertz CT molecular complexity index is 758. The lowest BCUT2D eigenvalue weighted by Crippen LogP contribution is -2.32. The fraction of sp³-hybridized carbons (Fsp3) is 0.333. The molecule has 2 N–H and O–H groups in total. The Labute approximate surface area is 154 Å². The Morgan fingerprint density at radius 2 is 1.81 bits per heavy atom. The van der Waals surface area contributed by atoms with E-state index in [9.17, 15) is 9.59 Å². The van der Waals surface area contributed by atoms with E-state index in [1.165, 1.54) is 0 Å². The summed E-state index contributed by atoms with van der Waals surface area (Å²) in [6.45, 7) is 6.58. The number of nitrogens with one attached hydrogen (secondary N) is 2. The van der Waals surface area contributed by atoms with E-state index in [0.29, 0.717) is 29.2 Å². The summed E-state index contributed by atoms with van der Waals surface area (Å²) in [6.07, 6.45) is 1.74. The average molecular weight is 354 g/mol. The zero-order valence-electron chi connectivity index (χ0n) is 15.5. The number of amides is 2. The van der Waals surface area contributed by atoms with Gasteiger partial charge in [0.1, 0.15) is 5.75 Å². The Hall–Kier alpha value is -2.82. The monoisotopic (exact) mass is 354 g/mol. The van der Waals surface area contributed by atoms with Gasteiger partial charge in [-0.25, -0.2) is 0 Å². The second-order valence-corrected chi connectivity index (χ2v) is 6.16. The number of carbonyl (C=O) groups excluding carboxylic acids is 2. The number of benzene rings is 2. The summed E-state index contributed by atoms with van der Waals surface area (Å²) in [6, 6.07) is 14.1. The van der Waals surface area contributed by atoms with Crippen LogP contribution >= 0.6 is 0 Å². The van der Waals surface area contributed by atoms with Crippen molar-refractivity contribution in [3.63, 3.8) is 0 Å². The van der Waals surface area contributed by atoms with E-state index in [1.54, 1.807) is 42.5 Å². The van der Waals surface area contributed by atoms with Crippen LogP contribution in [-0.2, 0) is 0 Å². The minimum absolute atomic E-state index is 0.0682. The van der Waals surface area contributed by atoms with Gasteiger partial charge in [0.15, 0.2) is 0 Å².